The Labute approximate surface area is 190 Å². The number of halogens is 1. The average Bonchev–Trinajstić information content (AvgIpc) is 3.27. The van der Waals surface area contributed by atoms with Crippen molar-refractivity contribution in [1.82, 2.24) is 4.98 Å². The smallest absolute Gasteiger partial charge is 0.135 e. The fourth-order valence-corrected chi connectivity index (χ4v) is 4.55. The van der Waals surface area contributed by atoms with Crippen molar-refractivity contribution in [3.63, 3.8) is 0 Å². The minimum absolute atomic E-state index is 0.260. The Kier molecular flexibility index (Phi) is 9.54. The summed E-state index contributed by atoms with van der Waals surface area (Å²) in [7, 11) is 0. The Morgan fingerprint density at radius 2 is 1.61 bits per heavy atom. The minimum Gasteiger partial charge on any atom is -0.493 e. The lowest BCUT2D eigenvalue weighted by atomic mass is 10.0. The molecular formula is C27H34FNOS. The van der Waals surface area contributed by atoms with Crippen LogP contribution in [-0.4, -0.2) is 11.6 Å². The lowest BCUT2D eigenvalue weighted by Crippen LogP contribution is -1.97. The molecule has 3 aromatic rings. The zero-order valence-corrected chi connectivity index (χ0v) is 19.6. The van der Waals surface area contributed by atoms with E-state index < -0.39 is 0 Å². The van der Waals surface area contributed by atoms with Gasteiger partial charge < -0.3 is 4.74 Å². The van der Waals surface area contributed by atoms with Gasteiger partial charge in [0.2, 0.25) is 0 Å². The normalized spacial score (nSPS) is 11.1. The molecule has 1 aromatic heterocycles. The Hall–Kier alpha value is -2.20. The van der Waals surface area contributed by atoms with E-state index in [2.05, 4.69) is 43.1 Å². The van der Waals surface area contributed by atoms with Gasteiger partial charge >= 0.3 is 0 Å². The average molecular weight is 440 g/mol. The van der Waals surface area contributed by atoms with E-state index >= 15 is 0 Å². The van der Waals surface area contributed by atoms with Gasteiger partial charge in [-0.3, -0.25) is 0 Å². The summed E-state index contributed by atoms with van der Waals surface area (Å²) in [6.45, 7) is 5.06. The lowest BCUT2D eigenvalue weighted by Gasteiger charge is -2.07. The van der Waals surface area contributed by atoms with Crippen LogP contribution in [0.3, 0.4) is 0 Å². The van der Waals surface area contributed by atoms with E-state index in [4.69, 9.17) is 4.74 Å². The highest BCUT2D eigenvalue weighted by molar-refractivity contribution is 7.18. The van der Waals surface area contributed by atoms with Gasteiger partial charge in [-0.1, -0.05) is 76.6 Å². The molecule has 0 aliphatic rings. The molecule has 31 heavy (non-hydrogen) atoms. The summed E-state index contributed by atoms with van der Waals surface area (Å²) in [5.41, 5.74) is 3.03. The topological polar surface area (TPSA) is 22.1 Å². The maximum atomic E-state index is 14.7. The highest BCUT2D eigenvalue weighted by Gasteiger charge is 2.12. The van der Waals surface area contributed by atoms with Crippen LogP contribution in [0.25, 0.3) is 21.0 Å². The highest BCUT2D eigenvalue weighted by Crippen LogP contribution is 2.34. The largest absolute Gasteiger partial charge is 0.493 e. The number of rotatable bonds is 13. The van der Waals surface area contributed by atoms with Gasteiger partial charge in [0.15, 0.2) is 0 Å². The highest BCUT2D eigenvalue weighted by atomic mass is 32.1. The van der Waals surface area contributed by atoms with Gasteiger partial charge in [0.25, 0.3) is 0 Å². The maximum Gasteiger partial charge on any atom is 0.135 e. The number of aryl methyl sites for hydroxylation is 1. The first-order chi connectivity index (χ1) is 15.2. The summed E-state index contributed by atoms with van der Waals surface area (Å²) < 4.78 is 20.4. The Balaban J connectivity index is 1.59. The third-order valence-electron chi connectivity index (χ3n) is 5.50. The lowest BCUT2D eigenvalue weighted by molar-refractivity contribution is 0.303. The van der Waals surface area contributed by atoms with Crippen LogP contribution in [0.4, 0.5) is 4.39 Å². The molecule has 0 N–H and O–H groups in total. The number of nitrogens with zero attached hydrogens (tertiary/aromatic N) is 1. The van der Waals surface area contributed by atoms with Gasteiger partial charge in [0.1, 0.15) is 16.6 Å². The van der Waals surface area contributed by atoms with E-state index in [9.17, 15) is 4.39 Å². The molecule has 2 nitrogen and oxygen atoms in total. The molecule has 4 heteroatoms. The second-order valence-corrected chi connectivity index (χ2v) is 9.12. The monoisotopic (exact) mass is 439 g/mol. The van der Waals surface area contributed by atoms with Crippen molar-refractivity contribution < 1.29 is 9.13 Å². The zero-order chi connectivity index (χ0) is 21.9. The van der Waals surface area contributed by atoms with Crippen molar-refractivity contribution in [2.45, 2.75) is 71.6 Å². The second-order valence-electron chi connectivity index (χ2n) is 8.09. The maximum absolute atomic E-state index is 14.7. The number of ether oxygens (including phenoxy) is 1. The fraction of sp³-hybridized carbons (Fsp3) is 0.444. The third-order valence-corrected chi connectivity index (χ3v) is 6.58. The molecule has 0 unspecified atom stereocenters. The molecule has 166 valence electrons. The molecule has 0 bridgehead atoms. The first kappa shape index (κ1) is 23.5. The minimum atomic E-state index is -0.260. The zero-order valence-electron chi connectivity index (χ0n) is 18.8. The molecular weight excluding hydrogens is 405 g/mol. The molecule has 0 saturated carbocycles. The van der Waals surface area contributed by atoms with Gasteiger partial charge in [-0.15, -0.1) is 11.3 Å². The van der Waals surface area contributed by atoms with Crippen LogP contribution in [0.5, 0.6) is 5.75 Å². The van der Waals surface area contributed by atoms with Gasteiger partial charge in [-0.05, 0) is 37.0 Å². The molecule has 2 aromatic carbocycles. The summed E-state index contributed by atoms with van der Waals surface area (Å²) in [6.07, 6.45) is 12.6. The molecule has 1 heterocycles. The van der Waals surface area contributed by atoms with Crippen LogP contribution in [0.1, 0.15) is 70.8 Å². The summed E-state index contributed by atoms with van der Waals surface area (Å²) >= 11 is 1.52. The number of thiazole rings is 1. The molecule has 0 aliphatic heterocycles. The molecule has 0 atom stereocenters. The number of benzene rings is 2. The van der Waals surface area contributed by atoms with Crippen LogP contribution in [0.15, 0.2) is 48.7 Å². The van der Waals surface area contributed by atoms with Gasteiger partial charge in [-0.2, -0.15) is 0 Å². The van der Waals surface area contributed by atoms with Gasteiger partial charge in [0.05, 0.1) is 11.5 Å². The molecule has 0 amide bonds. The van der Waals surface area contributed by atoms with Gasteiger partial charge in [-0.25, -0.2) is 9.37 Å². The summed E-state index contributed by atoms with van der Waals surface area (Å²) in [5.74, 6) is 0.334. The van der Waals surface area contributed by atoms with Crippen LogP contribution in [0, 0.1) is 5.82 Å². The molecule has 0 radical (unpaired) electrons. The van der Waals surface area contributed by atoms with E-state index in [-0.39, 0.29) is 5.82 Å². The van der Waals surface area contributed by atoms with Crippen molar-refractivity contribution in [1.29, 1.82) is 0 Å². The number of hydrogen-bond acceptors (Lipinski definition) is 3. The SMILES string of the molecule is CCCCCCOc1ccc(-c2cnc(-c3ccc(CCCCCC)cc3)s2)c(F)c1. The standard InChI is InChI=1S/C27H34FNOS/c1-3-5-7-9-11-21-12-14-22(15-13-21)27-29-20-26(31-27)24-17-16-23(19-25(24)28)30-18-10-8-6-4-2/h12-17,19-20H,3-11,18H2,1-2H3. The fourth-order valence-electron chi connectivity index (χ4n) is 3.61. The molecule has 0 saturated heterocycles. The van der Waals surface area contributed by atoms with Crippen molar-refractivity contribution in [2.75, 3.05) is 6.61 Å². The molecule has 0 fully saturated rings. The number of unbranched alkanes of at least 4 members (excludes halogenated alkanes) is 6. The van der Waals surface area contributed by atoms with E-state index in [0.29, 0.717) is 17.9 Å². The van der Waals surface area contributed by atoms with Crippen LogP contribution in [-0.2, 0) is 6.42 Å². The summed E-state index contributed by atoms with van der Waals surface area (Å²) in [5, 5.41) is 0.920. The molecule has 0 aliphatic carbocycles. The van der Waals surface area contributed by atoms with Crippen LogP contribution < -0.4 is 4.74 Å². The van der Waals surface area contributed by atoms with Crippen LogP contribution in [0.2, 0.25) is 0 Å². The number of aromatic nitrogens is 1. The van der Waals surface area contributed by atoms with Crippen molar-refractivity contribution in [3.05, 3.63) is 60.0 Å². The van der Waals surface area contributed by atoms with Crippen LogP contribution >= 0.6 is 11.3 Å². The van der Waals surface area contributed by atoms with Gasteiger partial charge in [0, 0.05) is 23.4 Å². The first-order valence-corrected chi connectivity index (χ1v) is 12.5. The Bertz CT molecular complexity index is 919. The second kappa shape index (κ2) is 12.6. The van der Waals surface area contributed by atoms with E-state index in [1.165, 1.54) is 61.5 Å². The quantitative estimate of drug-likeness (QED) is 0.248. The third kappa shape index (κ3) is 7.17. The van der Waals surface area contributed by atoms with Crippen molar-refractivity contribution in [3.8, 4) is 26.8 Å². The van der Waals surface area contributed by atoms with Crippen molar-refractivity contribution in [2.24, 2.45) is 0 Å². The number of hydrogen-bond donors (Lipinski definition) is 0. The predicted octanol–water partition coefficient (Wildman–Crippen LogP) is 8.70. The van der Waals surface area contributed by atoms with Crippen molar-refractivity contribution >= 4 is 11.3 Å². The van der Waals surface area contributed by atoms with E-state index in [1.807, 2.05) is 6.07 Å². The first-order valence-electron chi connectivity index (χ1n) is 11.7. The summed E-state index contributed by atoms with van der Waals surface area (Å²) in [6, 6.07) is 13.8. The van der Waals surface area contributed by atoms with E-state index in [1.54, 1.807) is 12.3 Å². The Morgan fingerprint density at radius 1 is 0.871 bits per heavy atom. The summed E-state index contributed by atoms with van der Waals surface area (Å²) in [4.78, 5) is 5.38. The molecule has 0 spiro atoms. The molecule has 3 rings (SSSR count). The Morgan fingerprint density at radius 3 is 2.32 bits per heavy atom. The predicted molar refractivity (Wildman–Crippen MR) is 130 cm³/mol. The van der Waals surface area contributed by atoms with E-state index in [0.717, 1.165) is 34.7 Å².